The van der Waals surface area contributed by atoms with E-state index in [9.17, 15) is 0 Å². The molecule has 1 heteroatoms. The predicted molar refractivity (Wildman–Crippen MR) is 100 cm³/mol. The van der Waals surface area contributed by atoms with Crippen LogP contribution in [0.5, 0.6) is 0 Å². The second-order valence-corrected chi connectivity index (χ2v) is 6.37. The van der Waals surface area contributed by atoms with Gasteiger partial charge in [0.05, 0.1) is 5.60 Å². The Balaban J connectivity index is 1.91. The Morgan fingerprint density at radius 2 is 0.833 bits per heavy atom. The van der Waals surface area contributed by atoms with Crippen LogP contribution in [0.25, 0.3) is 0 Å². The molecule has 0 unspecified atom stereocenters. The molecule has 0 aliphatic carbocycles. The monoisotopic (exact) mass is 316 g/mol. The molecule has 0 aliphatic rings. The Morgan fingerprint density at radius 3 is 1.08 bits per heavy atom. The van der Waals surface area contributed by atoms with E-state index in [0.717, 1.165) is 19.3 Å². The highest BCUT2D eigenvalue weighted by atomic mass is 16.5. The van der Waals surface area contributed by atoms with E-state index in [1.807, 2.05) is 7.11 Å². The van der Waals surface area contributed by atoms with Crippen molar-refractivity contribution in [2.45, 2.75) is 24.9 Å². The Hall–Kier alpha value is -2.38. The first kappa shape index (κ1) is 16.5. The molecular formula is C23H24O. The molecule has 0 fully saturated rings. The van der Waals surface area contributed by atoms with Crippen LogP contribution in [-0.4, -0.2) is 12.7 Å². The molecule has 24 heavy (non-hydrogen) atoms. The number of rotatable bonds is 7. The van der Waals surface area contributed by atoms with Gasteiger partial charge in [0, 0.05) is 26.4 Å². The molecular weight excluding hydrogens is 292 g/mol. The van der Waals surface area contributed by atoms with Gasteiger partial charge >= 0.3 is 0 Å². The molecule has 3 aromatic rings. The standard InChI is InChI=1S/C23H24O/c1-24-23(17-20-11-5-2-6-12-20,18-21-13-7-3-8-14-21)19-22-15-9-4-10-16-22/h2-16H,17-19H2,1H3. The molecule has 0 spiro atoms. The predicted octanol–water partition coefficient (Wildman–Crippen LogP) is 5.10. The summed E-state index contributed by atoms with van der Waals surface area (Å²) in [4.78, 5) is 0. The minimum Gasteiger partial charge on any atom is -0.377 e. The second-order valence-electron chi connectivity index (χ2n) is 6.37. The highest BCUT2D eigenvalue weighted by Crippen LogP contribution is 2.27. The molecule has 1 nitrogen and oxygen atoms in total. The lowest BCUT2D eigenvalue weighted by molar-refractivity contribution is -0.00950. The Morgan fingerprint density at radius 1 is 0.542 bits per heavy atom. The number of methoxy groups -OCH3 is 1. The summed E-state index contributed by atoms with van der Waals surface area (Å²) in [5.74, 6) is 0. The molecule has 122 valence electrons. The van der Waals surface area contributed by atoms with Crippen LogP contribution in [0, 0.1) is 0 Å². The molecule has 0 N–H and O–H groups in total. The van der Waals surface area contributed by atoms with E-state index in [1.165, 1.54) is 16.7 Å². The lowest BCUT2D eigenvalue weighted by Gasteiger charge is -2.33. The maximum atomic E-state index is 6.15. The molecule has 0 heterocycles. The molecule has 0 aliphatic heterocycles. The normalized spacial score (nSPS) is 11.4. The highest BCUT2D eigenvalue weighted by Gasteiger charge is 2.31. The average Bonchev–Trinajstić information content (AvgIpc) is 2.64. The van der Waals surface area contributed by atoms with E-state index in [1.54, 1.807) is 0 Å². The van der Waals surface area contributed by atoms with Gasteiger partial charge in [0.15, 0.2) is 0 Å². The van der Waals surface area contributed by atoms with Crippen molar-refractivity contribution in [1.29, 1.82) is 0 Å². The molecule has 3 rings (SSSR count). The minimum absolute atomic E-state index is 0.246. The zero-order valence-electron chi connectivity index (χ0n) is 14.2. The van der Waals surface area contributed by atoms with E-state index in [0.29, 0.717) is 0 Å². The van der Waals surface area contributed by atoms with Crippen LogP contribution in [0.1, 0.15) is 16.7 Å². The van der Waals surface area contributed by atoms with Crippen LogP contribution in [0.15, 0.2) is 91.0 Å². The van der Waals surface area contributed by atoms with Crippen molar-refractivity contribution < 1.29 is 4.74 Å². The van der Waals surface area contributed by atoms with Crippen LogP contribution in [0.3, 0.4) is 0 Å². The summed E-state index contributed by atoms with van der Waals surface area (Å²) in [5.41, 5.74) is 3.69. The zero-order chi connectivity index (χ0) is 16.7. The van der Waals surface area contributed by atoms with Crippen molar-refractivity contribution in [1.82, 2.24) is 0 Å². The van der Waals surface area contributed by atoms with Gasteiger partial charge in [0.25, 0.3) is 0 Å². The van der Waals surface area contributed by atoms with Crippen LogP contribution in [0.2, 0.25) is 0 Å². The smallest absolute Gasteiger partial charge is 0.0799 e. The van der Waals surface area contributed by atoms with Gasteiger partial charge in [-0.15, -0.1) is 0 Å². The molecule has 0 bridgehead atoms. The molecule has 0 atom stereocenters. The summed E-state index contributed by atoms with van der Waals surface area (Å²) in [6.45, 7) is 0. The summed E-state index contributed by atoms with van der Waals surface area (Å²) in [7, 11) is 1.84. The molecule has 0 amide bonds. The van der Waals surface area contributed by atoms with E-state index in [-0.39, 0.29) is 5.60 Å². The molecule has 3 aromatic carbocycles. The number of benzene rings is 3. The fourth-order valence-corrected chi connectivity index (χ4v) is 3.31. The third kappa shape index (κ3) is 4.33. The third-order valence-corrected chi connectivity index (χ3v) is 4.54. The Bertz CT molecular complexity index is 618. The van der Waals surface area contributed by atoms with Gasteiger partial charge in [-0.3, -0.25) is 0 Å². The van der Waals surface area contributed by atoms with Gasteiger partial charge in [-0.2, -0.15) is 0 Å². The van der Waals surface area contributed by atoms with Crippen LogP contribution in [0.4, 0.5) is 0 Å². The fraction of sp³-hybridized carbons (Fsp3) is 0.217. The Labute approximate surface area is 144 Å². The van der Waals surface area contributed by atoms with Crippen molar-refractivity contribution in [2.75, 3.05) is 7.11 Å². The van der Waals surface area contributed by atoms with Crippen LogP contribution < -0.4 is 0 Å². The van der Waals surface area contributed by atoms with Gasteiger partial charge < -0.3 is 4.74 Å². The number of ether oxygens (including phenoxy) is 1. The Kier molecular flexibility index (Phi) is 5.45. The molecule has 0 aromatic heterocycles. The van der Waals surface area contributed by atoms with E-state index in [4.69, 9.17) is 4.74 Å². The quantitative estimate of drug-likeness (QED) is 0.589. The lowest BCUT2D eigenvalue weighted by Crippen LogP contribution is -2.39. The first-order valence-corrected chi connectivity index (χ1v) is 8.47. The topological polar surface area (TPSA) is 9.23 Å². The first-order chi connectivity index (χ1) is 11.8. The second kappa shape index (κ2) is 7.94. The van der Waals surface area contributed by atoms with Crippen molar-refractivity contribution in [3.8, 4) is 0 Å². The van der Waals surface area contributed by atoms with Gasteiger partial charge in [-0.25, -0.2) is 0 Å². The van der Waals surface area contributed by atoms with Gasteiger partial charge in [-0.1, -0.05) is 91.0 Å². The summed E-state index contributed by atoms with van der Waals surface area (Å²) in [6, 6.07) is 31.9. The average molecular weight is 316 g/mol. The van der Waals surface area contributed by atoms with Gasteiger partial charge in [0.2, 0.25) is 0 Å². The molecule has 0 saturated heterocycles. The maximum absolute atomic E-state index is 6.15. The van der Waals surface area contributed by atoms with E-state index in [2.05, 4.69) is 91.0 Å². The van der Waals surface area contributed by atoms with Crippen molar-refractivity contribution >= 4 is 0 Å². The lowest BCUT2D eigenvalue weighted by atomic mass is 9.82. The first-order valence-electron chi connectivity index (χ1n) is 8.47. The van der Waals surface area contributed by atoms with E-state index >= 15 is 0 Å². The van der Waals surface area contributed by atoms with Gasteiger partial charge in [0.1, 0.15) is 0 Å². The van der Waals surface area contributed by atoms with Crippen molar-refractivity contribution in [2.24, 2.45) is 0 Å². The summed E-state index contributed by atoms with van der Waals surface area (Å²) in [5, 5.41) is 0. The number of hydrogen-bond acceptors (Lipinski definition) is 1. The van der Waals surface area contributed by atoms with Crippen molar-refractivity contribution in [3.63, 3.8) is 0 Å². The van der Waals surface area contributed by atoms with Crippen LogP contribution in [-0.2, 0) is 24.0 Å². The summed E-state index contributed by atoms with van der Waals surface area (Å²) < 4.78 is 6.15. The third-order valence-electron chi connectivity index (χ3n) is 4.54. The number of hydrogen-bond donors (Lipinski definition) is 0. The zero-order valence-corrected chi connectivity index (χ0v) is 14.2. The fourth-order valence-electron chi connectivity index (χ4n) is 3.31. The molecule has 0 saturated carbocycles. The minimum atomic E-state index is -0.246. The van der Waals surface area contributed by atoms with Crippen molar-refractivity contribution in [3.05, 3.63) is 108 Å². The van der Waals surface area contributed by atoms with Gasteiger partial charge in [-0.05, 0) is 16.7 Å². The maximum Gasteiger partial charge on any atom is 0.0799 e. The summed E-state index contributed by atoms with van der Waals surface area (Å²) >= 11 is 0. The highest BCUT2D eigenvalue weighted by molar-refractivity contribution is 5.25. The summed E-state index contributed by atoms with van der Waals surface area (Å²) in [6.07, 6.45) is 2.69. The largest absolute Gasteiger partial charge is 0.377 e. The van der Waals surface area contributed by atoms with E-state index < -0.39 is 0 Å². The van der Waals surface area contributed by atoms with Crippen LogP contribution >= 0.6 is 0 Å². The SMILES string of the molecule is COC(Cc1ccccc1)(Cc1ccccc1)Cc1ccccc1. The molecule has 0 radical (unpaired) electrons.